The van der Waals surface area contributed by atoms with Gasteiger partial charge in [-0.3, -0.25) is 9.59 Å². The summed E-state index contributed by atoms with van der Waals surface area (Å²) in [6, 6.07) is 6.91. The predicted octanol–water partition coefficient (Wildman–Crippen LogP) is 1.45. The zero-order valence-electron chi connectivity index (χ0n) is 12.7. The van der Waals surface area contributed by atoms with Crippen molar-refractivity contribution in [3.8, 4) is 0 Å². The monoisotopic (exact) mass is 318 g/mol. The smallest absolute Gasteiger partial charge is 0.322 e. The van der Waals surface area contributed by atoms with Gasteiger partial charge in [0.25, 0.3) is 0 Å². The lowest BCUT2D eigenvalue weighted by atomic mass is 9.50. The molecule has 122 valence electrons. The lowest BCUT2D eigenvalue weighted by Gasteiger charge is -2.49. The third-order valence-electron chi connectivity index (χ3n) is 5.22. The number of carbonyl (C=O) groups excluding carboxylic acids is 2. The van der Waals surface area contributed by atoms with Crippen LogP contribution in [0.3, 0.4) is 0 Å². The van der Waals surface area contributed by atoms with Gasteiger partial charge in [-0.1, -0.05) is 31.2 Å². The Hall–Kier alpha value is -2.50. The molecule has 0 aromatic heterocycles. The molecule has 2 rings (SSSR count). The van der Waals surface area contributed by atoms with Crippen LogP contribution in [0.4, 0.5) is 0 Å². The maximum atomic E-state index is 12.0. The van der Waals surface area contributed by atoms with Gasteiger partial charge in [0.1, 0.15) is 12.6 Å². The van der Waals surface area contributed by atoms with Crippen molar-refractivity contribution in [1.29, 1.82) is 0 Å². The Morgan fingerprint density at radius 1 is 1.22 bits per heavy atom. The molecule has 0 saturated heterocycles. The van der Waals surface area contributed by atoms with Crippen LogP contribution < -0.4 is 0 Å². The van der Waals surface area contributed by atoms with Crippen molar-refractivity contribution in [3.05, 3.63) is 35.4 Å². The molecule has 0 aliphatic heterocycles. The molecule has 1 aliphatic rings. The van der Waals surface area contributed by atoms with Crippen LogP contribution in [-0.2, 0) is 31.0 Å². The number of aryl methyl sites for hydroxylation is 1. The fraction of sp³-hybridized carbons (Fsp3) is 0.412. The second-order valence-electron chi connectivity index (χ2n) is 6.02. The van der Waals surface area contributed by atoms with E-state index in [1.54, 1.807) is 24.3 Å². The molecule has 1 aromatic carbocycles. The van der Waals surface area contributed by atoms with Crippen LogP contribution in [0.2, 0.25) is 0 Å². The minimum absolute atomic E-state index is 0.131. The largest absolute Gasteiger partial charge is 0.480 e. The number of hydrogen-bond acceptors (Lipinski definition) is 4. The molecule has 1 aliphatic carbocycles. The maximum Gasteiger partial charge on any atom is 0.322 e. The number of carbonyl (C=O) groups is 4. The van der Waals surface area contributed by atoms with Gasteiger partial charge in [-0.05, 0) is 24.0 Å². The fourth-order valence-corrected chi connectivity index (χ4v) is 3.85. The Labute approximate surface area is 133 Å². The minimum Gasteiger partial charge on any atom is -0.480 e. The number of carboxylic acids is 2. The summed E-state index contributed by atoms with van der Waals surface area (Å²) in [6.07, 6.45) is 0.954. The first-order chi connectivity index (χ1) is 10.9. The predicted molar refractivity (Wildman–Crippen MR) is 80.1 cm³/mol. The van der Waals surface area contributed by atoms with Crippen LogP contribution in [0.15, 0.2) is 24.3 Å². The number of aliphatic carboxylic acids is 2. The average Bonchev–Trinajstić information content (AvgIpc) is 2.52. The standard InChI is InChI=1S/C17H18O6/c1-16(12(10-19)7-9-18)13-5-3-2-4-11(13)6-8-17(16,14(20)21)15(22)23/h2-5,9-10,12H,6-8H2,1H3,(H,20,21)(H,22,23). The van der Waals surface area contributed by atoms with Crippen molar-refractivity contribution in [2.24, 2.45) is 11.3 Å². The quantitative estimate of drug-likeness (QED) is 0.607. The van der Waals surface area contributed by atoms with Crippen LogP contribution in [0.5, 0.6) is 0 Å². The normalized spacial score (nSPS) is 23.3. The first-order valence-corrected chi connectivity index (χ1v) is 7.30. The Balaban J connectivity index is 2.84. The van der Waals surface area contributed by atoms with Gasteiger partial charge < -0.3 is 19.8 Å². The molecule has 0 fully saturated rings. The van der Waals surface area contributed by atoms with Crippen LogP contribution in [0.25, 0.3) is 0 Å². The highest BCUT2D eigenvalue weighted by Gasteiger charge is 2.65. The number of carboxylic acid groups (broad SMARTS) is 2. The molecule has 2 N–H and O–H groups in total. The molecule has 0 radical (unpaired) electrons. The number of rotatable bonds is 6. The van der Waals surface area contributed by atoms with Crippen LogP contribution in [0, 0.1) is 11.3 Å². The van der Waals surface area contributed by atoms with Crippen molar-refractivity contribution in [2.75, 3.05) is 0 Å². The Kier molecular flexibility index (Phi) is 4.36. The molecule has 23 heavy (non-hydrogen) atoms. The molecular formula is C17H18O6. The molecule has 6 heteroatoms. The van der Waals surface area contributed by atoms with Gasteiger partial charge >= 0.3 is 11.9 Å². The summed E-state index contributed by atoms with van der Waals surface area (Å²) in [4.78, 5) is 46.5. The van der Waals surface area contributed by atoms with E-state index < -0.39 is 28.7 Å². The van der Waals surface area contributed by atoms with Gasteiger partial charge in [0.2, 0.25) is 0 Å². The molecule has 0 spiro atoms. The van der Waals surface area contributed by atoms with Crippen LogP contribution in [0.1, 0.15) is 30.9 Å². The number of fused-ring (bicyclic) bond motifs is 1. The Morgan fingerprint density at radius 2 is 1.83 bits per heavy atom. The number of aldehydes is 2. The van der Waals surface area contributed by atoms with E-state index in [9.17, 15) is 29.4 Å². The van der Waals surface area contributed by atoms with E-state index in [0.29, 0.717) is 18.1 Å². The van der Waals surface area contributed by atoms with Crippen molar-refractivity contribution in [2.45, 2.75) is 31.6 Å². The van der Waals surface area contributed by atoms with Gasteiger partial charge in [-0.25, -0.2) is 0 Å². The molecule has 2 unspecified atom stereocenters. The van der Waals surface area contributed by atoms with Gasteiger partial charge in [-0.2, -0.15) is 0 Å². The van der Waals surface area contributed by atoms with Crippen molar-refractivity contribution in [3.63, 3.8) is 0 Å². The van der Waals surface area contributed by atoms with E-state index in [4.69, 9.17) is 0 Å². The van der Waals surface area contributed by atoms with Crippen molar-refractivity contribution in [1.82, 2.24) is 0 Å². The highest BCUT2D eigenvalue weighted by molar-refractivity contribution is 6.01. The second kappa shape index (κ2) is 5.95. The molecule has 0 heterocycles. The Bertz CT molecular complexity index is 651. The summed E-state index contributed by atoms with van der Waals surface area (Å²) in [5, 5.41) is 19.5. The van der Waals surface area contributed by atoms with E-state index in [2.05, 4.69) is 0 Å². The number of hydrogen-bond donors (Lipinski definition) is 2. The van der Waals surface area contributed by atoms with Crippen molar-refractivity contribution < 1.29 is 29.4 Å². The number of benzene rings is 1. The lowest BCUT2D eigenvalue weighted by molar-refractivity contribution is -0.175. The molecule has 6 nitrogen and oxygen atoms in total. The minimum atomic E-state index is -2.16. The zero-order valence-corrected chi connectivity index (χ0v) is 12.7. The van der Waals surface area contributed by atoms with Gasteiger partial charge in [0, 0.05) is 17.8 Å². The average molecular weight is 318 g/mol. The molecule has 0 bridgehead atoms. The molecule has 2 atom stereocenters. The van der Waals surface area contributed by atoms with Crippen molar-refractivity contribution >= 4 is 24.5 Å². The first kappa shape index (κ1) is 16.9. The van der Waals surface area contributed by atoms with E-state index >= 15 is 0 Å². The third-order valence-corrected chi connectivity index (χ3v) is 5.22. The topological polar surface area (TPSA) is 109 Å². The van der Waals surface area contributed by atoms with Crippen LogP contribution in [-0.4, -0.2) is 34.7 Å². The molecule has 1 aromatic rings. The first-order valence-electron chi connectivity index (χ1n) is 7.30. The SMILES string of the molecule is CC1(C(C=O)CC=O)c2ccccc2CCC1(C(=O)O)C(=O)O. The summed E-state index contributed by atoms with van der Waals surface area (Å²) in [5.41, 5.74) is -2.35. The lowest BCUT2D eigenvalue weighted by Crippen LogP contribution is -2.60. The van der Waals surface area contributed by atoms with Gasteiger partial charge in [0.05, 0.1) is 0 Å². The van der Waals surface area contributed by atoms with E-state index in [0.717, 1.165) is 5.56 Å². The molecule has 0 amide bonds. The summed E-state index contributed by atoms with van der Waals surface area (Å²) >= 11 is 0. The van der Waals surface area contributed by atoms with E-state index in [-0.39, 0.29) is 19.3 Å². The van der Waals surface area contributed by atoms with E-state index in [1.807, 2.05) is 0 Å². The second-order valence-corrected chi connectivity index (χ2v) is 6.02. The summed E-state index contributed by atoms with van der Waals surface area (Å²) in [5.74, 6) is -4.01. The molecular weight excluding hydrogens is 300 g/mol. The van der Waals surface area contributed by atoms with E-state index in [1.165, 1.54) is 6.92 Å². The molecule has 0 saturated carbocycles. The van der Waals surface area contributed by atoms with Gasteiger partial charge in [0.15, 0.2) is 5.41 Å². The summed E-state index contributed by atoms with van der Waals surface area (Å²) in [7, 11) is 0. The van der Waals surface area contributed by atoms with Gasteiger partial charge in [-0.15, -0.1) is 0 Å². The summed E-state index contributed by atoms with van der Waals surface area (Å²) < 4.78 is 0. The Morgan fingerprint density at radius 3 is 2.35 bits per heavy atom. The highest BCUT2D eigenvalue weighted by atomic mass is 16.4. The highest BCUT2D eigenvalue weighted by Crippen LogP contribution is 2.55. The zero-order chi connectivity index (χ0) is 17.3. The fourth-order valence-electron chi connectivity index (χ4n) is 3.85. The maximum absolute atomic E-state index is 12.0. The third kappa shape index (κ3) is 2.17. The van der Waals surface area contributed by atoms with Crippen LogP contribution >= 0.6 is 0 Å². The summed E-state index contributed by atoms with van der Waals surface area (Å²) in [6.45, 7) is 1.47.